The number of nitrogens with one attached hydrogen (secondary N) is 1. The van der Waals surface area contributed by atoms with Crippen molar-refractivity contribution in [3.8, 4) is 11.4 Å². The van der Waals surface area contributed by atoms with E-state index in [1.807, 2.05) is 12.1 Å². The third kappa shape index (κ3) is 2.63. The van der Waals surface area contributed by atoms with Crippen LogP contribution in [0.3, 0.4) is 0 Å². The lowest BCUT2D eigenvalue weighted by atomic mass is 9.85. The Labute approximate surface area is 154 Å². The van der Waals surface area contributed by atoms with Crippen LogP contribution in [-0.2, 0) is 4.79 Å². The number of aromatic nitrogens is 4. The van der Waals surface area contributed by atoms with E-state index in [2.05, 4.69) is 20.4 Å². The standard InChI is InChI=1S/C20H16FN5O/c21-14-6-4-12(5-7-14)18-17-15(2-1-3-16(17)27)23-20-24-19(25-26(18)20)13-8-10-22-11-9-13/h4-11,18H,1-3H2,(H,23,24,25). The Morgan fingerprint density at radius 2 is 1.85 bits per heavy atom. The van der Waals surface area contributed by atoms with Crippen LogP contribution in [0.15, 0.2) is 60.1 Å². The quantitative estimate of drug-likeness (QED) is 0.756. The van der Waals surface area contributed by atoms with Gasteiger partial charge in [0.15, 0.2) is 11.6 Å². The third-order valence-corrected chi connectivity index (χ3v) is 4.99. The molecule has 2 aromatic heterocycles. The number of pyridine rings is 1. The maximum absolute atomic E-state index is 13.5. The molecule has 27 heavy (non-hydrogen) atoms. The first-order valence-corrected chi connectivity index (χ1v) is 8.86. The van der Waals surface area contributed by atoms with Crippen molar-refractivity contribution < 1.29 is 9.18 Å². The lowest BCUT2D eigenvalue weighted by molar-refractivity contribution is -0.116. The Bertz CT molecular complexity index is 1060. The highest BCUT2D eigenvalue weighted by atomic mass is 19.1. The summed E-state index contributed by atoms with van der Waals surface area (Å²) in [4.78, 5) is 21.4. The fraction of sp³-hybridized carbons (Fsp3) is 0.200. The minimum absolute atomic E-state index is 0.102. The average molecular weight is 361 g/mol. The molecule has 0 bridgehead atoms. The van der Waals surface area contributed by atoms with E-state index in [0.29, 0.717) is 23.8 Å². The molecular formula is C20H16FN5O. The molecule has 1 atom stereocenters. The summed E-state index contributed by atoms with van der Waals surface area (Å²) in [6, 6.07) is 9.49. The van der Waals surface area contributed by atoms with Crippen molar-refractivity contribution in [3.05, 3.63) is 71.4 Å². The van der Waals surface area contributed by atoms with Crippen molar-refractivity contribution in [2.45, 2.75) is 25.3 Å². The summed E-state index contributed by atoms with van der Waals surface area (Å²) in [6.45, 7) is 0. The van der Waals surface area contributed by atoms with Gasteiger partial charge in [-0.3, -0.25) is 9.78 Å². The molecule has 2 aliphatic rings. The van der Waals surface area contributed by atoms with Gasteiger partial charge in [0, 0.05) is 35.6 Å². The first-order valence-electron chi connectivity index (χ1n) is 8.86. The molecule has 1 N–H and O–H groups in total. The Morgan fingerprint density at radius 3 is 2.63 bits per heavy atom. The number of carbonyl (C=O) groups excluding carboxylic acids is 1. The zero-order valence-electron chi connectivity index (χ0n) is 14.4. The van der Waals surface area contributed by atoms with E-state index in [1.54, 1.807) is 29.2 Å². The Hall–Kier alpha value is -3.35. The van der Waals surface area contributed by atoms with Crippen LogP contribution in [0.4, 0.5) is 10.3 Å². The molecule has 5 rings (SSSR count). The number of anilines is 1. The molecule has 0 radical (unpaired) electrons. The van der Waals surface area contributed by atoms with Gasteiger partial charge in [0.1, 0.15) is 11.9 Å². The van der Waals surface area contributed by atoms with E-state index in [-0.39, 0.29) is 11.6 Å². The number of Topliss-reactive ketones (excluding diaryl/α,β-unsaturated/α-hetero) is 1. The number of carbonyl (C=O) groups is 1. The van der Waals surface area contributed by atoms with Crippen molar-refractivity contribution >= 4 is 11.7 Å². The maximum atomic E-state index is 13.5. The SMILES string of the molecule is O=C1CCCC2=C1C(c1ccc(F)cc1)n1nc(-c3ccncc3)nc1N2. The van der Waals surface area contributed by atoms with Crippen LogP contribution < -0.4 is 5.32 Å². The van der Waals surface area contributed by atoms with Gasteiger partial charge in [0.05, 0.1) is 0 Å². The smallest absolute Gasteiger partial charge is 0.226 e. The van der Waals surface area contributed by atoms with Crippen LogP contribution >= 0.6 is 0 Å². The molecule has 3 aromatic rings. The molecule has 1 aromatic carbocycles. The highest BCUT2D eigenvalue weighted by Crippen LogP contribution is 2.40. The van der Waals surface area contributed by atoms with Crippen molar-refractivity contribution in [1.29, 1.82) is 0 Å². The van der Waals surface area contributed by atoms with Crippen LogP contribution in [0.5, 0.6) is 0 Å². The number of nitrogens with zero attached hydrogens (tertiary/aromatic N) is 4. The molecule has 0 spiro atoms. The second-order valence-electron chi connectivity index (χ2n) is 6.69. The van der Waals surface area contributed by atoms with Crippen LogP contribution in [0, 0.1) is 5.82 Å². The molecule has 0 saturated heterocycles. The van der Waals surface area contributed by atoms with Crippen molar-refractivity contribution in [2.24, 2.45) is 0 Å². The van der Waals surface area contributed by atoms with Gasteiger partial charge in [-0.15, -0.1) is 5.10 Å². The van der Waals surface area contributed by atoms with Crippen LogP contribution in [0.25, 0.3) is 11.4 Å². The number of ketones is 1. The predicted molar refractivity (Wildman–Crippen MR) is 97.3 cm³/mol. The predicted octanol–water partition coefficient (Wildman–Crippen LogP) is 3.50. The number of hydrogen-bond acceptors (Lipinski definition) is 5. The normalized spacial score (nSPS) is 18.7. The lowest BCUT2D eigenvalue weighted by Gasteiger charge is -2.32. The van der Waals surface area contributed by atoms with Gasteiger partial charge >= 0.3 is 0 Å². The highest BCUT2D eigenvalue weighted by molar-refractivity contribution is 5.99. The lowest BCUT2D eigenvalue weighted by Crippen LogP contribution is -2.31. The van der Waals surface area contributed by atoms with Gasteiger partial charge in [0.25, 0.3) is 0 Å². The summed E-state index contributed by atoms with van der Waals surface area (Å²) >= 11 is 0. The van der Waals surface area contributed by atoms with Gasteiger partial charge < -0.3 is 5.32 Å². The van der Waals surface area contributed by atoms with E-state index < -0.39 is 6.04 Å². The number of hydrogen-bond donors (Lipinski definition) is 1. The summed E-state index contributed by atoms with van der Waals surface area (Å²) in [5, 5.41) is 7.95. The number of benzene rings is 1. The molecular weight excluding hydrogens is 345 g/mol. The second-order valence-corrected chi connectivity index (χ2v) is 6.69. The molecule has 6 nitrogen and oxygen atoms in total. The number of allylic oxidation sites excluding steroid dienone is 2. The fourth-order valence-electron chi connectivity index (χ4n) is 3.73. The summed E-state index contributed by atoms with van der Waals surface area (Å²) in [6.07, 6.45) is 5.49. The molecule has 7 heteroatoms. The van der Waals surface area contributed by atoms with Crippen LogP contribution in [-0.4, -0.2) is 25.5 Å². The van der Waals surface area contributed by atoms with Gasteiger partial charge in [-0.2, -0.15) is 4.98 Å². The minimum Gasteiger partial charge on any atom is -0.328 e. The molecule has 0 amide bonds. The summed E-state index contributed by atoms with van der Waals surface area (Å²) in [7, 11) is 0. The molecule has 1 aliphatic heterocycles. The Morgan fingerprint density at radius 1 is 1.07 bits per heavy atom. The molecule has 134 valence electrons. The number of fused-ring (bicyclic) bond motifs is 1. The van der Waals surface area contributed by atoms with Crippen molar-refractivity contribution in [3.63, 3.8) is 0 Å². The van der Waals surface area contributed by atoms with Gasteiger partial charge in [-0.25, -0.2) is 9.07 Å². The summed E-state index contributed by atoms with van der Waals surface area (Å²) < 4.78 is 15.2. The minimum atomic E-state index is -0.410. The second kappa shape index (κ2) is 6.12. The van der Waals surface area contributed by atoms with Gasteiger partial charge in [-0.1, -0.05) is 12.1 Å². The Kier molecular flexibility index (Phi) is 3.60. The Balaban J connectivity index is 1.68. The van der Waals surface area contributed by atoms with E-state index >= 15 is 0 Å². The van der Waals surface area contributed by atoms with Gasteiger partial charge in [0.2, 0.25) is 5.95 Å². The molecule has 1 unspecified atom stereocenters. The monoisotopic (exact) mass is 361 g/mol. The highest BCUT2D eigenvalue weighted by Gasteiger charge is 2.36. The molecule has 0 fully saturated rings. The molecule has 1 aliphatic carbocycles. The van der Waals surface area contributed by atoms with Gasteiger partial charge in [-0.05, 0) is 42.7 Å². The first-order chi connectivity index (χ1) is 13.2. The van der Waals surface area contributed by atoms with E-state index in [9.17, 15) is 9.18 Å². The largest absolute Gasteiger partial charge is 0.328 e. The van der Waals surface area contributed by atoms with E-state index in [1.165, 1.54) is 12.1 Å². The van der Waals surface area contributed by atoms with Crippen LogP contribution in [0.2, 0.25) is 0 Å². The average Bonchev–Trinajstić information content (AvgIpc) is 3.12. The van der Waals surface area contributed by atoms with Crippen molar-refractivity contribution in [2.75, 3.05) is 5.32 Å². The third-order valence-electron chi connectivity index (χ3n) is 4.99. The summed E-state index contributed by atoms with van der Waals surface area (Å²) in [5.41, 5.74) is 3.25. The first kappa shape index (κ1) is 15.9. The number of rotatable bonds is 2. The van der Waals surface area contributed by atoms with Crippen LogP contribution in [0.1, 0.15) is 30.9 Å². The molecule has 3 heterocycles. The topological polar surface area (TPSA) is 72.7 Å². The zero-order chi connectivity index (χ0) is 18.4. The fourth-order valence-corrected chi connectivity index (χ4v) is 3.73. The van der Waals surface area contributed by atoms with E-state index in [4.69, 9.17) is 0 Å². The summed E-state index contributed by atoms with van der Waals surface area (Å²) in [5.74, 6) is 0.932. The maximum Gasteiger partial charge on any atom is 0.226 e. The van der Waals surface area contributed by atoms with Crippen molar-refractivity contribution in [1.82, 2.24) is 19.7 Å². The zero-order valence-corrected chi connectivity index (χ0v) is 14.4. The van der Waals surface area contributed by atoms with E-state index in [0.717, 1.165) is 29.7 Å². The number of halogens is 1. The molecule has 0 saturated carbocycles.